The van der Waals surface area contributed by atoms with Crippen molar-refractivity contribution >= 4 is 27.5 Å². The standard InChI is InChI=1S/C24H36N4O5S/c29-23(18-27-11-9-20(10-12-27)26-24(30)19-5-2-1-3-6-19)25-21-7-4-8-22(17-21)34(31,32)28-13-15-33-16-14-28/h4,7-8,17,19-20H,1-3,5-6,9-16,18H2,(H,25,29)(H,26,30). The Hall–Kier alpha value is -2.01. The minimum atomic E-state index is -3.61. The van der Waals surface area contributed by atoms with Crippen molar-refractivity contribution in [3.63, 3.8) is 0 Å². The molecule has 4 rings (SSSR count). The molecule has 3 fully saturated rings. The highest BCUT2D eigenvalue weighted by Gasteiger charge is 2.28. The predicted octanol–water partition coefficient (Wildman–Crippen LogP) is 1.81. The zero-order valence-electron chi connectivity index (χ0n) is 19.7. The zero-order valence-corrected chi connectivity index (χ0v) is 20.5. The van der Waals surface area contributed by atoms with Gasteiger partial charge in [-0.25, -0.2) is 8.42 Å². The van der Waals surface area contributed by atoms with Gasteiger partial charge in [-0.3, -0.25) is 14.5 Å². The van der Waals surface area contributed by atoms with E-state index in [0.717, 1.165) is 51.6 Å². The molecule has 1 saturated carbocycles. The van der Waals surface area contributed by atoms with Crippen LogP contribution in [-0.2, 0) is 24.3 Å². The Morgan fingerprint density at radius 1 is 0.971 bits per heavy atom. The first-order chi connectivity index (χ1) is 16.4. The number of likely N-dealkylation sites (tertiary alicyclic amines) is 1. The molecule has 2 aliphatic heterocycles. The Labute approximate surface area is 202 Å². The molecular formula is C24H36N4O5S. The molecule has 2 heterocycles. The van der Waals surface area contributed by atoms with Crippen molar-refractivity contribution in [1.82, 2.24) is 14.5 Å². The second-order valence-corrected chi connectivity index (χ2v) is 11.4. The summed E-state index contributed by atoms with van der Waals surface area (Å²) in [7, 11) is -3.61. The van der Waals surface area contributed by atoms with Gasteiger partial charge in [-0.1, -0.05) is 25.3 Å². The van der Waals surface area contributed by atoms with Crippen LogP contribution in [0.3, 0.4) is 0 Å². The van der Waals surface area contributed by atoms with Gasteiger partial charge in [0.25, 0.3) is 0 Å². The van der Waals surface area contributed by atoms with Crippen LogP contribution in [-0.4, -0.2) is 81.4 Å². The lowest BCUT2D eigenvalue weighted by atomic mass is 9.88. The highest BCUT2D eigenvalue weighted by Crippen LogP contribution is 2.24. The van der Waals surface area contributed by atoms with Crippen LogP contribution in [0.25, 0.3) is 0 Å². The summed E-state index contributed by atoms with van der Waals surface area (Å²) in [5, 5.41) is 6.05. The molecule has 3 aliphatic rings. The quantitative estimate of drug-likeness (QED) is 0.601. The van der Waals surface area contributed by atoms with Crippen LogP contribution >= 0.6 is 0 Å². The molecule has 10 heteroatoms. The number of ether oxygens (including phenoxy) is 1. The maximum Gasteiger partial charge on any atom is 0.243 e. The van der Waals surface area contributed by atoms with E-state index in [0.29, 0.717) is 32.0 Å². The van der Waals surface area contributed by atoms with E-state index in [9.17, 15) is 18.0 Å². The number of nitrogens with one attached hydrogen (secondary N) is 2. The molecular weight excluding hydrogens is 456 g/mol. The molecule has 1 aromatic rings. The molecule has 0 atom stereocenters. The number of piperidine rings is 1. The second kappa shape index (κ2) is 11.6. The van der Waals surface area contributed by atoms with Crippen LogP contribution in [0.4, 0.5) is 5.69 Å². The van der Waals surface area contributed by atoms with Crippen molar-refractivity contribution in [1.29, 1.82) is 0 Å². The van der Waals surface area contributed by atoms with Gasteiger partial charge >= 0.3 is 0 Å². The van der Waals surface area contributed by atoms with E-state index in [4.69, 9.17) is 4.74 Å². The Balaban J connectivity index is 1.24. The van der Waals surface area contributed by atoms with Gasteiger partial charge in [-0.05, 0) is 43.9 Å². The molecule has 0 aromatic heterocycles. The van der Waals surface area contributed by atoms with Crippen LogP contribution in [0.1, 0.15) is 44.9 Å². The normalized spacial score (nSPS) is 21.8. The summed E-state index contributed by atoms with van der Waals surface area (Å²) in [6.07, 6.45) is 7.19. The first kappa shape index (κ1) is 25.1. The summed E-state index contributed by atoms with van der Waals surface area (Å²) in [4.78, 5) is 27.3. The monoisotopic (exact) mass is 492 g/mol. The minimum Gasteiger partial charge on any atom is -0.379 e. The van der Waals surface area contributed by atoms with Crippen molar-refractivity contribution in [3.05, 3.63) is 24.3 Å². The Morgan fingerprint density at radius 3 is 2.38 bits per heavy atom. The van der Waals surface area contributed by atoms with E-state index in [1.54, 1.807) is 18.2 Å². The van der Waals surface area contributed by atoms with Crippen molar-refractivity contribution in [2.75, 3.05) is 51.3 Å². The van der Waals surface area contributed by atoms with Crippen molar-refractivity contribution < 1.29 is 22.7 Å². The molecule has 1 aromatic carbocycles. The van der Waals surface area contributed by atoms with Crippen LogP contribution in [0, 0.1) is 5.92 Å². The summed E-state index contributed by atoms with van der Waals surface area (Å²) in [6, 6.07) is 6.57. The van der Waals surface area contributed by atoms with Gasteiger partial charge < -0.3 is 15.4 Å². The molecule has 0 bridgehead atoms. The molecule has 9 nitrogen and oxygen atoms in total. The van der Waals surface area contributed by atoms with Gasteiger partial charge in [0.1, 0.15) is 0 Å². The van der Waals surface area contributed by atoms with Crippen molar-refractivity contribution in [2.24, 2.45) is 5.92 Å². The maximum absolute atomic E-state index is 12.9. The summed E-state index contributed by atoms with van der Waals surface area (Å²) >= 11 is 0. The fourth-order valence-electron chi connectivity index (χ4n) is 4.99. The number of amides is 2. The Morgan fingerprint density at radius 2 is 1.68 bits per heavy atom. The second-order valence-electron chi connectivity index (χ2n) is 9.49. The average Bonchev–Trinajstić information content (AvgIpc) is 2.86. The number of carbonyl (C=O) groups is 2. The SMILES string of the molecule is O=C(CN1CCC(NC(=O)C2CCCCC2)CC1)Nc1cccc(S(=O)(=O)N2CCOCC2)c1. The van der Waals surface area contributed by atoms with E-state index in [1.807, 2.05) is 0 Å². The average molecular weight is 493 g/mol. The van der Waals surface area contributed by atoms with Gasteiger partial charge in [0.2, 0.25) is 21.8 Å². The lowest BCUT2D eigenvalue weighted by Crippen LogP contribution is -2.48. The fraction of sp³-hybridized carbons (Fsp3) is 0.667. The third kappa shape index (κ3) is 6.56. The number of rotatable bonds is 7. The summed E-state index contributed by atoms with van der Waals surface area (Å²) in [5.74, 6) is 0.189. The van der Waals surface area contributed by atoms with Crippen molar-refractivity contribution in [2.45, 2.75) is 55.9 Å². The van der Waals surface area contributed by atoms with Crippen LogP contribution < -0.4 is 10.6 Å². The molecule has 2 amide bonds. The molecule has 0 spiro atoms. The van der Waals surface area contributed by atoms with Gasteiger partial charge in [-0.2, -0.15) is 4.31 Å². The fourth-order valence-corrected chi connectivity index (χ4v) is 6.45. The number of carbonyl (C=O) groups excluding carboxylic acids is 2. The van der Waals surface area contributed by atoms with Crippen molar-refractivity contribution in [3.8, 4) is 0 Å². The Kier molecular flexibility index (Phi) is 8.57. The predicted molar refractivity (Wildman–Crippen MR) is 129 cm³/mol. The van der Waals surface area contributed by atoms with E-state index in [1.165, 1.54) is 16.8 Å². The lowest BCUT2D eigenvalue weighted by molar-refractivity contribution is -0.127. The number of benzene rings is 1. The number of anilines is 1. The maximum atomic E-state index is 12.9. The number of morpholine rings is 1. The van der Waals surface area contributed by atoms with Crippen LogP contribution in [0.15, 0.2) is 29.2 Å². The third-order valence-corrected chi connectivity index (χ3v) is 8.90. The zero-order chi connectivity index (χ0) is 24.0. The summed E-state index contributed by atoms with van der Waals surface area (Å²) < 4.78 is 32.4. The first-order valence-corrected chi connectivity index (χ1v) is 13.9. The molecule has 188 valence electrons. The molecule has 2 N–H and O–H groups in total. The van der Waals surface area contributed by atoms with Crippen LogP contribution in [0.5, 0.6) is 0 Å². The topological polar surface area (TPSA) is 108 Å². The summed E-state index contributed by atoms with van der Waals surface area (Å²) in [5.41, 5.74) is 0.467. The largest absolute Gasteiger partial charge is 0.379 e. The summed E-state index contributed by atoms with van der Waals surface area (Å²) in [6.45, 7) is 3.16. The van der Waals surface area contributed by atoms with E-state index >= 15 is 0 Å². The van der Waals surface area contributed by atoms with Gasteiger partial charge in [0.15, 0.2) is 0 Å². The highest BCUT2D eigenvalue weighted by molar-refractivity contribution is 7.89. The number of hydrogen-bond acceptors (Lipinski definition) is 6. The molecule has 2 saturated heterocycles. The Bertz CT molecular complexity index is 950. The van der Waals surface area contributed by atoms with Gasteiger partial charge in [0.05, 0.1) is 24.7 Å². The smallest absolute Gasteiger partial charge is 0.243 e. The lowest BCUT2D eigenvalue weighted by Gasteiger charge is -2.33. The van der Waals surface area contributed by atoms with E-state index in [-0.39, 0.29) is 35.2 Å². The van der Waals surface area contributed by atoms with E-state index < -0.39 is 10.0 Å². The number of hydrogen-bond donors (Lipinski definition) is 2. The third-order valence-electron chi connectivity index (χ3n) is 7.00. The molecule has 0 unspecified atom stereocenters. The first-order valence-electron chi connectivity index (χ1n) is 12.4. The number of nitrogens with zero attached hydrogens (tertiary/aromatic N) is 2. The minimum absolute atomic E-state index is 0.167. The molecule has 34 heavy (non-hydrogen) atoms. The van der Waals surface area contributed by atoms with Gasteiger partial charge in [-0.15, -0.1) is 0 Å². The van der Waals surface area contributed by atoms with Gasteiger partial charge in [0, 0.05) is 43.8 Å². The molecule has 0 radical (unpaired) electrons. The highest BCUT2D eigenvalue weighted by atomic mass is 32.2. The number of sulfonamides is 1. The molecule has 1 aliphatic carbocycles. The van der Waals surface area contributed by atoms with E-state index in [2.05, 4.69) is 15.5 Å². The van der Waals surface area contributed by atoms with Crippen LogP contribution in [0.2, 0.25) is 0 Å².